The second-order valence-electron chi connectivity index (χ2n) is 7.25. The summed E-state index contributed by atoms with van der Waals surface area (Å²) in [6, 6.07) is 17.9. The summed E-state index contributed by atoms with van der Waals surface area (Å²) >= 11 is 0. The van der Waals surface area contributed by atoms with Crippen LogP contribution in [0.1, 0.15) is 56.1 Å². The van der Waals surface area contributed by atoms with Crippen molar-refractivity contribution in [2.24, 2.45) is 5.92 Å². The van der Waals surface area contributed by atoms with E-state index >= 15 is 0 Å². The second-order valence-corrected chi connectivity index (χ2v) is 7.25. The molecule has 1 saturated carbocycles. The third kappa shape index (κ3) is 4.83. The lowest BCUT2D eigenvalue weighted by Crippen LogP contribution is -2.12. The molecular formula is C24H30O. The van der Waals surface area contributed by atoms with Crippen molar-refractivity contribution in [3.63, 3.8) is 0 Å². The highest BCUT2D eigenvalue weighted by atomic mass is 16.5. The summed E-state index contributed by atoms with van der Waals surface area (Å²) in [4.78, 5) is 0. The Morgan fingerprint density at radius 2 is 1.52 bits per heavy atom. The molecule has 1 fully saturated rings. The quantitative estimate of drug-likeness (QED) is 0.402. The van der Waals surface area contributed by atoms with Gasteiger partial charge in [0.05, 0.1) is 13.2 Å². The van der Waals surface area contributed by atoms with E-state index in [9.17, 15) is 0 Å². The van der Waals surface area contributed by atoms with E-state index in [1.807, 2.05) is 0 Å². The zero-order valence-corrected chi connectivity index (χ0v) is 15.4. The molecule has 1 aliphatic carbocycles. The van der Waals surface area contributed by atoms with Gasteiger partial charge < -0.3 is 4.74 Å². The van der Waals surface area contributed by atoms with Gasteiger partial charge in [0.15, 0.2) is 0 Å². The summed E-state index contributed by atoms with van der Waals surface area (Å²) in [6.07, 6.45) is 8.65. The molecule has 0 heterocycles. The summed E-state index contributed by atoms with van der Waals surface area (Å²) in [5.74, 6) is 1.73. The number of benzene rings is 2. The van der Waals surface area contributed by atoms with Crippen molar-refractivity contribution in [2.45, 2.75) is 51.6 Å². The van der Waals surface area contributed by atoms with Crippen molar-refractivity contribution < 1.29 is 4.74 Å². The lowest BCUT2D eigenvalue weighted by Gasteiger charge is -2.28. The van der Waals surface area contributed by atoms with Crippen LogP contribution in [0.3, 0.4) is 0 Å². The predicted molar refractivity (Wildman–Crippen MR) is 107 cm³/mol. The lowest BCUT2D eigenvalue weighted by molar-refractivity contribution is 0.149. The molecule has 1 aliphatic rings. The maximum absolute atomic E-state index is 5.49. The second kappa shape index (κ2) is 9.01. The van der Waals surface area contributed by atoms with Gasteiger partial charge in [-0.1, -0.05) is 68.0 Å². The van der Waals surface area contributed by atoms with Crippen LogP contribution in [0.25, 0.3) is 11.1 Å². The van der Waals surface area contributed by atoms with E-state index in [2.05, 4.69) is 62.0 Å². The molecule has 2 aromatic rings. The van der Waals surface area contributed by atoms with Gasteiger partial charge in [0.25, 0.3) is 0 Å². The van der Waals surface area contributed by atoms with Gasteiger partial charge in [0.2, 0.25) is 0 Å². The summed E-state index contributed by atoms with van der Waals surface area (Å²) in [7, 11) is 0. The average molecular weight is 335 g/mol. The van der Waals surface area contributed by atoms with Crippen LogP contribution < -0.4 is 0 Å². The number of ether oxygens (including phenoxy) is 1. The minimum atomic E-state index is 0.601. The molecule has 0 amide bonds. The number of hydrogen-bond acceptors (Lipinski definition) is 1. The molecule has 1 heteroatoms. The van der Waals surface area contributed by atoms with E-state index in [0.29, 0.717) is 13.2 Å². The first-order valence-electron chi connectivity index (χ1n) is 9.68. The van der Waals surface area contributed by atoms with Crippen LogP contribution in [0, 0.1) is 5.92 Å². The molecule has 132 valence electrons. The normalized spacial score (nSPS) is 20.4. The standard InChI is InChI=1S/C24H30O/c1-3-17-25-18-20-7-11-22(12-8-20)24-15-13-23(14-16-24)21-9-5-19(4-2)6-10-21/h3,7-8,11-16,19,21H,1,4-6,9-10,17-18H2,2H3. The fraction of sp³-hybridized carbons (Fsp3) is 0.417. The summed E-state index contributed by atoms with van der Waals surface area (Å²) in [5, 5.41) is 0. The third-order valence-electron chi connectivity index (χ3n) is 5.60. The van der Waals surface area contributed by atoms with Gasteiger partial charge in [0.1, 0.15) is 0 Å². The smallest absolute Gasteiger partial charge is 0.0721 e. The molecule has 0 bridgehead atoms. The molecule has 0 aliphatic heterocycles. The minimum Gasteiger partial charge on any atom is -0.373 e. The average Bonchev–Trinajstić information content (AvgIpc) is 2.69. The summed E-state index contributed by atoms with van der Waals surface area (Å²) in [5.41, 5.74) is 5.29. The Hall–Kier alpha value is -1.86. The number of hydrogen-bond donors (Lipinski definition) is 0. The molecule has 0 unspecified atom stereocenters. The highest BCUT2D eigenvalue weighted by Gasteiger charge is 2.21. The zero-order valence-electron chi connectivity index (χ0n) is 15.4. The van der Waals surface area contributed by atoms with E-state index in [4.69, 9.17) is 4.74 Å². The van der Waals surface area contributed by atoms with Gasteiger partial charge in [-0.2, -0.15) is 0 Å². The molecule has 0 atom stereocenters. The van der Waals surface area contributed by atoms with Crippen molar-refractivity contribution in [2.75, 3.05) is 6.61 Å². The van der Waals surface area contributed by atoms with Gasteiger partial charge in [-0.25, -0.2) is 0 Å². The van der Waals surface area contributed by atoms with Crippen molar-refractivity contribution in [1.82, 2.24) is 0 Å². The van der Waals surface area contributed by atoms with Gasteiger partial charge in [-0.3, -0.25) is 0 Å². The molecule has 2 aromatic carbocycles. The van der Waals surface area contributed by atoms with E-state index < -0.39 is 0 Å². The van der Waals surface area contributed by atoms with E-state index in [1.54, 1.807) is 6.08 Å². The Kier molecular flexibility index (Phi) is 6.47. The zero-order chi connectivity index (χ0) is 17.5. The molecule has 1 nitrogen and oxygen atoms in total. The van der Waals surface area contributed by atoms with Crippen LogP contribution in [-0.2, 0) is 11.3 Å². The molecule has 0 radical (unpaired) electrons. The predicted octanol–water partition coefficient (Wildman–Crippen LogP) is 6.74. The maximum atomic E-state index is 5.49. The summed E-state index contributed by atoms with van der Waals surface area (Å²) in [6.45, 7) is 7.24. The van der Waals surface area contributed by atoms with Crippen LogP contribution in [0.5, 0.6) is 0 Å². The molecule has 0 aromatic heterocycles. The largest absolute Gasteiger partial charge is 0.373 e. The van der Waals surface area contributed by atoms with Crippen LogP contribution in [-0.4, -0.2) is 6.61 Å². The first-order valence-corrected chi connectivity index (χ1v) is 9.68. The molecule has 3 rings (SSSR count). The molecule has 0 N–H and O–H groups in total. The van der Waals surface area contributed by atoms with E-state index in [-0.39, 0.29) is 0 Å². The lowest BCUT2D eigenvalue weighted by atomic mass is 9.77. The third-order valence-corrected chi connectivity index (χ3v) is 5.60. The monoisotopic (exact) mass is 334 g/mol. The van der Waals surface area contributed by atoms with Gasteiger partial charge >= 0.3 is 0 Å². The fourth-order valence-electron chi connectivity index (χ4n) is 3.91. The SMILES string of the molecule is C=CCOCc1ccc(-c2ccc(C3CCC(CC)CC3)cc2)cc1. The van der Waals surface area contributed by atoms with Crippen molar-refractivity contribution >= 4 is 0 Å². The van der Waals surface area contributed by atoms with Crippen molar-refractivity contribution in [3.05, 3.63) is 72.3 Å². The Morgan fingerprint density at radius 1 is 0.920 bits per heavy atom. The van der Waals surface area contributed by atoms with Crippen LogP contribution in [0.4, 0.5) is 0 Å². The first-order chi connectivity index (χ1) is 12.3. The fourth-order valence-corrected chi connectivity index (χ4v) is 3.91. The first kappa shape index (κ1) is 17.9. The van der Waals surface area contributed by atoms with Crippen molar-refractivity contribution in [1.29, 1.82) is 0 Å². The Balaban J connectivity index is 1.61. The molecule has 25 heavy (non-hydrogen) atoms. The van der Waals surface area contributed by atoms with Gasteiger partial charge in [0, 0.05) is 0 Å². The van der Waals surface area contributed by atoms with E-state index in [0.717, 1.165) is 11.8 Å². The molecule has 0 spiro atoms. The minimum absolute atomic E-state index is 0.601. The maximum Gasteiger partial charge on any atom is 0.0721 e. The number of rotatable bonds is 7. The van der Waals surface area contributed by atoms with Gasteiger partial charge in [-0.15, -0.1) is 6.58 Å². The van der Waals surface area contributed by atoms with Crippen LogP contribution in [0.2, 0.25) is 0 Å². The Bertz CT molecular complexity index is 645. The molecular weight excluding hydrogens is 304 g/mol. The van der Waals surface area contributed by atoms with Crippen LogP contribution >= 0.6 is 0 Å². The van der Waals surface area contributed by atoms with E-state index in [1.165, 1.54) is 54.4 Å². The van der Waals surface area contributed by atoms with Crippen molar-refractivity contribution in [3.8, 4) is 11.1 Å². The molecule has 0 saturated heterocycles. The highest BCUT2D eigenvalue weighted by Crippen LogP contribution is 2.37. The Morgan fingerprint density at radius 3 is 2.08 bits per heavy atom. The van der Waals surface area contributed by atoms with Gasteiger partial charge in [-0.05, 0) is 59.8 Å². The Labute approximate surface area is 152 Å². The van der Waals surface area contributed by atoms with Crippen LogP contribution in [0.15, 0.2) is 61.2 Å². The highest BCUT2D eigenvalue weighted by molar-refractivity contribution is 5.64. The summed E-state index contributed by atoms with van der Waals surface area (Å²) < 4.78 is 5.49. The topological polar surface area (TPSA) is 9.23 Å².